The lowest BCUT2D eigenvalue weighted by molar-refractivity contribution is -0.137. The maximum atomic E-state index is 13.3. The van der Waals surface area contributed by atoms with E-state index in [0.717, 1.165) is 11.0 Å². The normalized spacial score (nSPS) is 24.2. The Morgan fingerprint density at radius 1 is 1.24 bits per heavy atom. The van der Waals surface area contributed by atoms with Gasteiger partial charge in [0.1, 0.15) is 5.69 Å². The van der Waals surface area contributed by atoms with E-state index in [2.05, 4.69) is 15.6 Å². The van der Waals surface area contributed by atoms with Crippen molar-refractivity contribution in [3.05, 3.63) is 36.0 Å². The number of carbonyl (C=O) groups is 1. The zero-order valence-corrected chi connectivity index (χ0v) is 15.2. The highest BCUT2D eigenvalue weighted by atomic mass is 19.4. The molecule has 2 fully saturated rings. The summed E-state index contributed by atoms with van der Waals surface area (Å²) in [5, 5.41) is 10.8. The third-order valence-corrected chi connectivity index (χ3v) is 5.28. The number of amides is 1. The van der Waals surface area contributed by atoms with Gasteiger partial charge in [-0.15, -0.1) is 5.10 Å². The molecule has 156 valence electrons. The number of halogens is 5. The smallest absolute Gasteiger partial charge is 0.335 e. The predicted molar refractivity (Wildman–Crippen MR) is 92.0 cm³/mol. The average Bonchev–Trinajstić information content (AvgIpc) is 3.39. The zero-order valence-electron chi connectivity index (χ0n) is 15.2. The van der Waals surface area contributed by atoms with Gasteiger partial charge in [-0.3, -0.25) is 4.79 Å². The minimum Gasteiger partial charge on any atom is -0.335 e. The molecule has 1 amide bonds. The van der Waals surface area contributed by atoms with Crippen molar-refractivity contribution in [1.82, 2.24) is 25.2 Å². The Morgan fingerprint density at radius 3 is 2.69 bits per heavy atom. The summed E-state index contributed by atoms with van der Waals surface area (Å²) < 4.78 is 67.8. The number of aromatic nitrogens is 3. The van der Waals surface area contributed by atoms with E-state index in [1.807, 2.05) is 0 Å². The summed E-state index contributed by atoms with van der Waals surface area (Å²) in [5.74, 6) is -3.26. The minimum absolute atomic E-state index is 0.0103. The number of hydrogen-bond acceptors (Lipinski definition) is 4. The highest BCUT2D eigenvalue weighted by molar-refractivity contribution is 5.82. The Hall–Kier alpha value is -2.56. The lowest BCUT2D eigenvalue weighted by Crippen LogP contribution is -2.43. The summed E-state index contributed by atoms with van der Waals surface area (Å²) in [5.41, 5.74) is -0.810. The van der Waals surface area contributed by atoms with Crippen molar-refractivity contribution in [1.29, 1.82) is 0 Å². The lowest BCUT2D eigenvalue weighted by atomic mass is 10.0. The molecule has 0 saturated carbocycles. The van der Waals surface area contributed by atoms with Crippen molar-refractivity contribution >= 4 is 5.91 Å². The number of nitrogens with zero attached hydrogens (tertiary/aromatic N) is 4. The van der Waals surface area contributed by atoms with Gasteiger partial charge in [0.2, 0.25) is 5.91 Å². The summed E-state index contributed by atoms with van der Waals surface area (Å²) in [6, 6.07) is 4.14. The summed E-state index contributed by atoms with van der Waals surface area (Å²) >= 11 is 0. The van der Waals surface area contributed by atoms with Crippen LogP contribution in [0.5, 0.6) is 0 Å². The van der Waals surface area contributed by atoms with Crippen LogP contribution in [0.1, 0.15) is 24.4 Å². The van der Waals surface area contributed by atoms with Crippen LogP contribution >= 0.6 is 0 Å². The van der Waals surface area contributed by atoms with E-state index in [4.69, 9.17) is 0 Å². The first-order valence-corrected chi connectivity index (χ1v) is 9.12. The van der Waals surface area contributed by atoms with Crippen LogP contribution in [0.15, 0.2) is 30.5 Å². The van der Waals surface area contributed by atoms with Gasteiger partial charge >= 0.3 is 6.18 Å². The third kappa shape index (κ3) is 3.96. The van der Waals surface area contributed by atoms with E-state index in [-0.39, 0.29) is 30.3 Å². The predicted octanol–water partition coefficient (Wildman–Crippen LogP) is 2.73. The number of nitrogens with one attached hydrogen (secondary N) is 1. The number of carbonyl (C=O) groups excluding carboxylic acids is 1. The van der Waals surface area contributed by atoms with Crippen LogP contribution in [0.2, 0.25) is 0 Å². The van der Waals surface area contributed by atoms with Crippen LogP contribution in [-0.4, -0.2) is 57.4 Å². The third-order valence-electron chi connectivity index (χ3n) is 5.28. The lowest BCUT2D eigenvalue weighted by Gasteiger charge is -2.20. The molecule has 2 atom stereocenters. The van der Waals surface area contributed by atoms with E-state index >= 15 is 0 Å². The molecule has 2 saturated heterocycles. The Balaban J connectivity index is 1.47. The second kappa shape index (κ2) is 7.05. The van der Waals surface area contributed by atoms with E-state index in [9.17, 15) is 26.7 Å². The molecule has 2 aliphatic rings. The maximum Gasteiger partial charge on any atom is 0.417 e. The SMILES string of the molecule is O=C([C@@H]1C[C@H](n2cc(-c3ccccc3C(F)(F)F)nn2)CN1)N1CCC(F)(F)C1. The Labute approximate surface area is 162 Å². The molecule has 1 aromatic carbocycles. The highest BCUT2D eigenvalue weighted by Gasteiger charge is 2.43. The monoisotopic (exact) mass is 415 g/mol. The molecule has 0 spiro atoms. The van der Waals surface area contributed by atoms with E-state index in [0.29, 0.717) is 13.0 Å². The van der Waals surface area contributed by atoms with Crippen LogP contribution in [0, 0.1) is 0 Å². The van der Waals surface area contributed by atoms with Crippen molar-refractivity contribution in [3.63, 3.8) is 0 Å². The molecule has 3 heterocycles. The number of hydrogen-bond donors (Lipinski definition) is 1. The minimum atomic E-state index is -4.52. The van der Waals surface area contributed by atoms with Crippen LogP contribution in [0.25, 0.3) is 11.3 Å². The van der Waals surface area contributed by atoms with Gasteiger partial charge in [0.15, 0.2) is 0 Å². The van der Waals surface area contributed by atoms with Crippen LogP contribution < -0.4 is 5.32 Å². The molecule has 29 heavy (non-hydrogen) atoms. The summed E-state index contributed by atoms with van der Waals surface area (Å²) in [7, 11) is 0. The summed E-state index contributed by atoms with van der Waals surface area (Å²) in [4.78, 5) is 13.6. The van der Waals surface area contributed by atoms with Gasteiger partial charge in [0.25, 0.3) is 5.92 Å². The molecular formula is C18H18F5N5O. The van der Waals surface area contributed by atoms with Crippen LogP contribution in [0.4, 0.5) is 22.0 Å². The number of benzene rings is 1. The molecule has 1 aromatic heterocycles. The molecule has 0 radical (unpaired) electrons. The number of rotatable bonds is 3. The van der Waals surface area contributed by atoms with Gasteiger partial charge in [-0.05, 0) is 12.5 Å². The molecule has 6 nitrogen and oxygen atoms in total. The molecule has 11 heteroatoms. The van der Waals surface area contributed by atoms with Gasteiger partial charge < -0.3 is 10.2 Å². The fourth-order valence-electron chi connectivity index (χ4n) is 3.78. The standard InChI is InChI=1S/C18H18F5N5O/c19-17(20)5-6-27(10-17)16(29)14-7-11(8-24-14)28-9-15(25-26-28)12-3-1-2-4-13(12)18(21,22)23/h1-4,9,11,14,24H,5-8,10H2/t11-,14-/m0/s1. The quantitative estimate of drug-likeness (QED) is 0.784. The highest BCUT2D eigenvalue weighted by Crippen LogP contribution is 2.36. The molecule has 4 rings (SSSR count). The van der Waals surface area contributed by atoms with Crippen molar-refractivity contribution in [2.45, 2.75) is 37.0 Å². The van der Waals surface area contributed by atoms with Gasteiger partial charge in [-0.25, -0.2) is 13.5 Å². The van der Waals surface area contributed by atoms with Crippen LogP contribution in [0.3, 0.4) is 0 Å². The summed E-state index contributed by atoms with van der Waals surface area (Å²) in [6.45, 7) is -0.239. The van der Waals surface area contributed by atoms with E-state index < -0.39 is 36.2 Å². The fourth-order valence-corrected chi connectivity index (χ4v) is 3.78. The maximum absolute atomic E-state index is 13.3. The first kappa shape index (κ1) is 19.7. The zero-order chi connectivity index (χ0) is 20.8. The van der Waals surface area contributed by atoms with Crippen molar-refractivity contribution in [2.24, 2.45) is 0 Å². The topological polar surface area (TPSA) is 63.1 Å². The van der Waals surface area contributed by atoms with Gasteiger partial charge in [0, 0.05) is 25.1 Å². The fraction of sp³-hybridized carbons (Fsp3) is 0.500. The van der Waals surface area contributed by atoms with Crippen molar-refractivity contribution < 1.29 is 26.7 Å². The van der Waals surface area contributed by atoms with Gasteiger partial charge in [-0.2, -0.15) is 13.2 Å². The number of alkyl halides is 5. The molecule has 2 aliphatic heterocycles. The van der Waals surface area contributed by atoms with E-state index in [1.165, 1.54) is 29.1 Å². The Morgan fingerprint density at radius 2 is 2.00 bits per heavy atom. The second-order valence-electron chi connectivity index (χ2n) is 7.34. The molecule has 0 unspecified atom stereocenters. The van der Waals surface area contributed by atoms with Crippen molar-refractivity contribution in [3.8, 4) is 11.3 Å². The van der Waals surface area contributed by atoms with Crippen molar-refractivity contribution in [2.75, 3.05) is 19.6 Å². The molecule has 0 aliphatic carbocycles. The Bertz CT molecular complexity index is 912. The summed E-state index contributed by atoms with van der Waals surface area (Å²) in [6.07, 6.45) is -3.16. The van der Waals surface area contributed by atoms with Gasteiger partial charge in [0.05, 0.1) is 30.4 Å². The van der Waals surface area contributed by atoms with Gasteiger partial charge in [-0.1, -0.05) is 23.4 Å². The Kier molecular flexibility index (Phi) is 4.80. The molecule has 2 aromatic rings. The molecular weight excluding hydrogens is 397 g/mol. The van der Waals surface area contributed by atoms with E-state index in [1.54, 1.807) is 0 Å². The van der Waals surface area contributed by atoms with Crippen LogP contribution in [-0.2, 0) is 11.0 Å². The number of likely N-dealkylation sites (tertiary alicyclic amines) is 1. The first-order valence-electron chi connectivity index (χ1n) is 9.12. The first-order chi connectivity index (χ1) is 13.6. The molecule has 0 bridgehead atoms. The second-order valence-corrected chi connectivity index (χ2v) is 7.34. The average molecular weight is 415 g/mol. The molecule has 1 N–H and O–H groups in total. The largest absolute Gasteiger partial charge is 0.417 e.